The number of likely N-dealkylation sites (N-methyl/N-ethyl adjacent to an activating group) is 1. The van der Waals surface area contributed by atoms with E-state index in [1.807, 2.05) is 6.92 Å². The van der Waals surface area contributed by atoms with E-state index in [1.54, 1.807) is 4.90 Å². The molecule has 0 amide bonds. The highest BCUT2D eigenvalue weighted by molar-refractivity contribution is 5.98. The van der Waals surface area contributed by atoms with Crippen molar-refractivity contribution in [2.75, 3.05) is 26.2 Å². The zero-order chi connectivity index (χ0) is 13.5. The van der Waals surface area contributed by atoms with Gasteiger partial charge in [-0.25, -0.2) is 8.78 Å². The van der Waals surface area contributed by atoms with Crippen LogP contribution in [-0.2, 0) is 0 Å². The highest BCUT2D eigenvalue weighted by Crippen LogP contribution is 2.13. The number of carbonyl (C=O) groups excluding carboxylic acids is 1. The quantitative estimate of drug-likeness (QED) is 0.758. The molecule has 0 aromatic heterocycles. The number of hydrogen-bond donors (Lipinski definition) is 1. The second-order valence-corrected chi connectivity index (χ2v) is 3.97. The number of Topliss-reactive ketones (excluding diaryl/α,β-unsaturated/α-hetero) is 1. The Balaban J connectivity index is 2.75. The molecule has 5 heteroatoms. The molecule has 1 N–H and O–H groups in total. The van der Waals surface area contributed by atoms with E-state index in [2.05, 4.69) is 0 Å². The van der Waals surface area contributed by atoms with Crippen LogP contribution in [0.4, 0.5) is 8.78 Å². The number of benzene rings is 1. The summed E-state index contributed by atoms with van der Waals surface area (Å²) >= 11 is 0. The lowest BCUT2D eigenvalue weighted by Crippen LogP contribution is -2.32. The molecule has 0 aliphatic heterocycles. The first-order valence-electron chi connectivity index (χ1n) is 5.90. The van der Waals surface area contributed by atoms with Gasteiger partial charge >= 0.3 is 0 Å². The van der Waals surface area contributed by atoms with Gasteiger partial charge in [0.1, 0.15) is 11.6 Å². The first-order valence-corrected chi connectivity index (χ1v) is 5.90. The van der Waals surface area contributed by atoms with Crippen LogP contribution in [-0.4, -0.2) is 42.0 Å². The van der Waals surface area contributed by atoms with Crippen LogP contribution in [0, 0.1) is 11.6 Å². The summed E-state index contributed by atoms with van der Waals surface area (Å²) in [5.74, 6) is -2.25. The Bertz CT molecular complexity index is 390. The van der Waals surface area contributed by atoms with Crippen LogP contribution in [0.2, 0.25) is 0 Å². The first kappa shape index (κ1) is 14.7. The van der Waals surface area contributed by atoms with Crippen LogP contribution in [0.3, 0.4) is 0 Å². The molecule has 1 rings (SSSR count). The van der Waals surface area contributed by atoms with Crippen molar-refractivity contribution >= 4 is 5.78 Å². The predicted octanol–water partition coefficient (Wildman–Crippen LogP) is 1.85. The molecular weight excluding hydrogens is 240 g/mol. The summed E-state index contributed by atoms with van der Waals surface area (Å²) in [6.07, 6.45) is 0.529. The SMILES string of the molecule is CCN(CCCO)CC(=O)c1c(F)cccc1F. The van der Waals surface area contributed by atoms with Crippen LogP contribution < -0.4 is 0 Å². The Hall–Kier alpha value is -1.33. The number of aliphatic hydroxyl groups excluding tert-OH is 1. The molecule has 100 valence electrons. The number of rotatable bonds is 7. The summed E-state index contributed by atoms with van der Waals surface area (Å²) < 4.78 is 26.8. The smallest absolute Gasteiger partial charge is 0.182 e. The van der Waals surface area contributed by atoms with Crippen molar-refractivity contribution in [1.29, 1.82) is 0 Å². The Morgan fingerprint density at radius 2 is 1.94 bits per heavy atom. The normalized spacial score (nSPS) is 10.9. The summed E-state index contributed by atoms with van der Waals surface area (Å²) in [6, 6.07) is 3.37. The Kier molecular flexibility index (Phi) is 5.88. The highest BCUT2D eigenvalue weighted by atomic mass is 19.1. The monoisotopic (exact) mass is 257 g/mol. The summed E-state index contributed by atoms with van der Waals surface area (Å²) in [4.78, 5) is 13.6. The molecule has 1 aromatic carbocycles. The van der Waals surface area contributed by atoms with Crippen LogP contribution in [0.15, 0.2) is 18.2 Å². The number of halogens is 2. The standard InChI is InChI=1S/C13H17F2NO2/c1-2-16(7-4-8-17)9-12(18)13-10(14)5-3-6-11(13)15/h3,5-6,17H,2,4,7-9H2,1H3. The minimum absolute atomic E-state index is 0.0265. The molecule has 0 atom stereocenters. The van der Waals surface area contributed by atoms with E-state index in [9.17, 15) is 13.6 Å². The van der Waals surface area contributed by atoms with Gasteiger partial charge in [0.05, 0.1) is 12.1 Å². The molecule has 0 radical (unpaired) electrons. The van der Waals surface area contributed by atoms with Gasteiger partial charge in [0.25, 0.3) is 0 Å². The van der Waals surface area contributed by atoms with Crippen molar-refractivity contribution in [3.63, 3.8) is 0 Å². The van der Waals surface area contributed by atoms with E-state index in [1.165, 1.54) is 6.07 Å². The van der Waals surface area contributed by atoms with Crippen molar-refractivity contribution in [1.82, 2.24) is 4.90 Å². The Labute approximate surface area is 105 Å². The van der Waals surface area contributed by atoms with E-state index in [0.29, 0.717) is 19.5 Å². The van der Waals surface area contributed by atoms with Gasteiger partial charge in [-0.3, -0.25) is 9.69 Å². The van der Waals surface area contributed by atoms with Gasteiger partial charge in [-0.05, 0) is 25.1 Å². The van der Waals surface area contributed by atoms with Crippen LogP contribution in [0.5, 0.6) is 0 Å². The fourth-order valence-electron chi connectivity index (χ4n) is 1.69. The van der Waals surface area contributed by atoms with Crippen molar-refractivity contribution in [2.24, 2.45) is 0 Å². The molecule has 18 heavy (non-hydrogen) atoms. The fraction of sp³-hybridized carbons (Fsp3) is 0.462. The van der Waals surface area contributed by atoms with Crippen molar-refractivity contribution in [2.45, 2.75) is 13.3 Å². The third-order valence-corrected chi connectivity index (χ3v) is 2.69. The third-order valence-electron chi connectivity index (χ3n) is 2.69. The van der Waals surface area contributed by atoms with Gasteiger partial charge in [0, 0.05) is 13.2 Å². The highest BCUT2D eigenvalue weighted by Gasteiger charge is 2.18. The second-order valence-electron chi connectivity index (χ2n) is 3.97. The molecule has 0 aliphatic carbocycles. The molecule has 0 saturated carbocycles. The van der Waals surface area contributed by atoms with Gasteiger partial charge in [0.15, 0.2) is 5.78 Å². The van der Waals surface area contributed by atoms with Crippen molar-refractivity contribution in [3.05, 3.63) is 35.4 Å². The Morgan fingerprint density at radius 1 is 1.33 bits per heavy atom. The van der Waals surface area contributed by atoms with Gasteiger partial charge < -0.3 is 5.11 Å². The molecule has 3 nitrogen and oxygen atoms in total. The average Bonchev–Trinajstić information content (AvgIpc) is 2.34. The molecule has 0 unspecified atom stereocenters. The maximum Gasteiger partial charge on any atom is 0.182 e. The van der Waals surface area contributed by atoms with E-state index in [4.69, 9.17) is 5.11 Å². The molecule has 1 aromatic rings. The minimum atomic E-state index is -0.835. The molecule has 0 saturated heterocycles. The summed E-state index contributed by atoms with van der Waals surface area (Å²) in [5.41, 5.74) is -0.486. The van der Waals surface area contributed by atoms with E-state index in [-0.39, 0.29) is 13.2 Å². The van der Waals surface area contributed by atoms with Crippen LogP contribution >= 0.6 is 0 Å². The predicted molar refractivity (Wildman–Crippen MR) is 64.5 cm³/mol. The number of nitrogens with zero attached hydrogens (tertiary/aromatic N) is 1. The molecule has 0 bridgehead atoms. The lowest BCUT2D eigenvalue weighted by Gasteiger charge is -2.19. The van der Waals surface area contributed by atoms with Crippen LogP contribution in [0.25, 0.3) is 0 Å². The molecule has 0 aliphatic rings. The van der Waals surface area contributed by atoms with Crippen LogP contribution in [0.1, 0.15) is 23.7 Å². The topological polar surface area (TPSA) is 40.5 Å². The first-order chi connectivity index (χ1) is 8.60. The number of carbonyl (C=O) groups is 1. The van der Waals surface area contributed by atoms with E-state index >= 15 is 0 Å². The molecule has 0 fully saturated rings. The summed E-state index contributed by atoms with van der Waals surface area (Å²) in [6.45, 7) is 2.94. The van der Waals surface area contributed by atoms with E-state index < -0.39 is 23.0 Å². The largest absolute Gasteiger partial charge is 0.396 e. The number of ketones is 1. The van der Waals surface area contributed by atoms with Gasteiger partial charge in [-0.1, -0.05) is 13.0 Å². The summed E-state index contributed by atoms with van der Waals surface area (Å²) in [7, 11) is 0. The Morgan fingerprint density at radius 3 is 2.44 bits per heavy atom. The zero-order valence-corrected chi connectivity index (χ0v) is 10.3. The zero-order valence-electron chi connectivity index (χ0n) is 10.3. The minimum Gasteiger partial charge on any atom is -0.396 e. The molecule has 0 heterocycles. The lowest BCUT2D eigenvalue weighted by atomic mass is 10.1. The molecule has 0 spiro atoms. The van der Waals surface area contributed by atoms with Gasteiger partial charge in [0.2, 0.25) is 0 Å². The fourth-order valence-corrected chi connectivity index (χ4v) is 1.69. The van der Waals surface area contributed by atoms with Gasteiger partial charge in [-0.2, -0.15) is 0 Å². The molecular formula is C13H17F2NO2. The van der Waals surface area contributed by atoms with Crippen molar-refractivity contribution in [3.8, 4) is 0 Å². The summed E-state index contributed by atoms with van der Waals surface area (Å²) in [5, 5.41) is 8.72. The lowest BCUT2D eigenvalue weighted by molar-refractivity contribution is 0.0920. The number of aliphatic hydroxyl groups is 1. The number of hydrogen-bond acceptors (Lipinski definition) is 3. The third kappa shape index (κ3) is 3.85. The maximum absolute atomic E-state index is 13.4. The second kappa shape index (κ2) is 7.18. The average molecular weight is 257 g/mol. The maximum atomic E-state index is 13.4. The van der Waals surface area contributed by atoms with Gasteiger partial charge in [-0.15, -0.1) is 0 Å². The van der Waals surface area contributed by atoms with Crippen molar-refractivity contribution < 1.29 is 18.7 Å². The van der Waals surface area contributed by atoms with E-state index in [0.717, 1.165) is 12.1 Å².